The third kappa shape index (κ3) is 1.61. The summed E-state index contributed by atoms with van der Waals surface area (Å²) < 4.78 is 14.1. The lowest BCUT2D eigenvalue weighted by Gasteiger charge is -2.03. The van der Waals surface area contributed by atoms with E-state index in [2.05, 4.69) is 4.98 Å². The lowest BCUT2D eigenvalue weighted by molar-refractivity contribution is 0.526. The van der Waals surface area contributed by atoms with E-state index in [4.69, 9.17) is 11.6 Å². The molecule has 1 aliphatic carbocycles. The summed E-state index contributed by atoms with van der Waals surface area (Å²) in [5.41, 5.74) is -1.56. The maximum Gasteiger partial charge on any atom is 0.329 e. The van der Waals surface area contributed by atoms with Crippen molar-refractivity contribution < 1.29 is 4.39 Å². The molecule has 1 aromatic heterocycles. The molecule has 1 heterocycles. The average molecular weight is 233 g/mol. The number of aromatic amines is 1. The number of rotatable bonds is 2. The minimum atomic E-state index is -1.09. The van der Waals surface area contributed by atoms with Crippen LogP contribution in [0.4, 0.5) is 4.39 Å². The summed E-state index contributed by atoms with van der Waals surface area (Å²) in [5.74, 6) is -0.789. The molecule has 0 bridgehead atoms. The van der Waals surface area contributed by atoms with Gasteiger partial charge in [-0.25, -0.2) is 4.79 Å². The Kier molecular flexibility index (Phi) is 2.42. The van der Waals surface area contributed by atoms with Crippen LogP contribution < -0.4 is 11.2 Å². The van der Waals surface area contributed by atoms with Gasteiger partial charge >= 0.3 is 5.69 Å². The van der Waals surface area contributed by atoms with Crippen LogP contribution in [0.2, 0.25) is 5.15 Å². The van der Waals surface area contributed by atoms with Gasteiger partial charge in [0.15, 0.2) is 5.15 Å². The highest BCUT2D eigenvalue weighted by Gasteiger charge is 2.39. The Hall–Kier alpha value is -1.10. The molecule has 1 saturated carbocycles. The number of aromatic nitrogens is 2. The SMILES string of the molecule is CCC1CC1n1c(=O)[nH]c(Cl)c(F)c1=O. The molecule has 15 heavy (non-hydrogen) atoms. The molecule has 1 N–H and O–H groups in total. The summed E-state index contributed by atoms with van der Waals surface area (Å²) in [6.45, 7) is 1.97. The smallest absolute Gasteiger partial charge is 0.295 e. The van der Waals surface area contributed by atoms with E-state index in [-0.39, 0.29) is 6.04 Å². The van der Waals surface area contributed by atoms with Crippen molar-refractivity contribution in [3.8, 4) is 0 Å². The molecular weight excluding hydrogens is 223 g/mol. The summed E-state index contributed by atoms with van der Waals surface area (Å²) in [4.78, 5) is 25.0. The number of hydrogen-bond donors (Lipinski definition) is 1. The van der Waals surface area contributed by atoms with Crippen LogP contribution >= 0.6 is 11.6 Å². The van der Waals surface area contributed by atoms with Gasteiger partial charge in [0.05, 0.1) is 0 Å². The Bertz CT molecular complexity index is 508. The van der Waals surface area contributed by atoms with Gasteiger partial charge in [-0.3, -0.25) is 14.3 Å². The van der Waals surface area contributed by atoms with Gasteiger partial charge in [0.2, 0.25) is 5.82 Å². The van der Waals surface area contributed by atoms with Gasteiger partial charge in [0, 0.05) is 6.04 Å². The molecule has 2 unspecified atom stereocenters. The van der Waals surface area contributed by atoms with Gasteiger partial charge in [-0.1, -0.05) is 24.9 Å². The molecule has 4 nitrogen and oxygen atoms in total. The predicted molar refractivity (Wildman–Crippen MR) is 53.7 cm³/mol. The zero-order valence-electron chi connectivity index (χ0n) is 8.09. The molecule has 0 aliphatic heterocycles. The predicted octanol–water partition coefficient (Wildman–Crippen LogP) is 1.30. The zero-order chi connectivity index (χ0) is 11.2. The fourth-order valence-electron chi connectivity index (χ4n) is 1.79. The van der Waals surface area contributed by atoms with Crippen molar-refractivity contribution in [2.45, 2.75) is 25.8 Å². The molecule has 0 spiro atoms. The fourth-order valence-corrected chi connectivity index (χ4v) is 1.95. The first kappa shape index (κ1) is 10.4. The van der Waals surface area contributed by atoms with Gasteiger partial charge in [-0.2, -0.15) is 4.39 Å². The van der Waals surface area contributed by atoms with Crippen molar-refractivity contribution in [2.24, 2.45) is 5.92 Å². The summed E-state index contributed by atoms with van der Waals surface area (Å²) >= 11 is 5.34. The van der Waals surface area contributed by atoms with Gasteiger partial charge in [0.25, 0.3) is 5.56 Å². The molecule has 1 aliphatic rings. The summed E-state index contributed by atoms with van der Waals surface area (Å²) in [6, 6.07) is -0.169. The van der Waals surface area contributed by atoms with E-state index in [1.54, 1.807) is 0 Å². The van der Waals surface area contributed by atoms with Crippen LogP contribution in [0.1, 0.15) is 25.8 Å². The second kappa shape index (κ2) is 3.48. The number of halogens is 2. The second-order valence-corrected chi connectivity index (χ2v) is 4.08. The Morgan fingerprint density at radius 3 is 2.80 bits per heavy atom. The molecule has 0 radical (unpaired) electrons. The number of H-pyrrole nitrogens is 1. The van der Waals surface area contributed by atoms with Crippen LogP contribution in [0.15, 0.2) is 9.59 Å². The number of nitrogens with zero attached hydrogens (tertiary/aromatic N) is 1. The highest BCUT2D eigenvalue weighted by molar-refractivity contribution is 6.29. The summed E-state index contributed by atoms with van der Waals surface area (Å²) in [6.07, 6.45) is 1.63. The molecule has 1 aromatic rings. The molecule has 0 aromatic carbocycles. The van der Waals surface area contributed by atoms with E-state index in [9.17, 15) is 14.0 Å². The van der Waals surface area contributed by atoms with Crippen molar-refractivity contribution in [1.82, 2.24) is 9.55 Å². The fraction of sp³-hybridized carbons (Fsp3) is 0.556. The van der Waals surface area contributed by atoms with Crippen LogP contribution in [-0.2, 0) is 0 Å². The first-order chi connectivity index (χ1) is 7.06. The van der Waals surface area contributed by atoms with Crippen LogP contribution in [0.25, 0.3) is 0 Å². The van der Waals surface area contributed by atoms with Gasteiger partial charge in [0.1, 0.15) is 0 Å². The molecule has 1 fully saturated rings. The lowest BCUT2D eigenvalue weighted by atomic mass is 10.3. The molecule has 82 valence electrons. The summed E-state index contributed by atoms with van der Waals surface area (Å²) in [7, 11) is 0. The normalized spacial score (nSPS) is 24.2. The minimum absolute atomic E-state index is 0.169. The quantitative estimate of drug-likeness (QED) is 0.782. The van der Waals surface area contributed by atoms with Crippen molar-refractivity contribution >= 4 is 11.6 Å². The molecular formula is C9H10ClFN2O2. The van der Waals surface area contributed by atoms with E-state index in [1.807, 2.05) is 6.92 Å². The van der Waals surface area contributed by atoms with Crippen LogP contribution in [0.3, 0.4) is 0 Å². The molecule has 2 atom stereocenters. The largest absolute Gasteiger partial charge is 0.329 e. The maximum absolute atomic E-state index is 13.2. The van der Waals surface area contributed by atoms with E-state index in [1.165, 1.54) is 0 Å². The van der Waals surface area contributed by atoms with Crippen LogP contribution in [-0.4, -0.2) is 9.55 Å². The van der Waals surface area contributed by atoms with Gasteiger partial charge < -0.3 is 0 Å². The van der Waals surface area contributed by atoms with E-state index >= 15 is 0 Å². The molecule has 0 saturated heterocycles. The van der Waals surface area contributed by atoms with Gasteiger partial charge in [-0.15, -0.1) is 0 Å². The third-order valence-electron chi connectivity index (χ3n) is 2.78. The average Bonchev–Trinajstić information content (AvgIpc) is 2.94. The van der Waals surface area contributed by atoms with E-state index in [0.717, 1.165) is 17.4 Å². The highest BCUT2D eigenvalue weighted by atomic mass is 35.5. The van der Waals surface area contributed by atoms with E-state index < -0.39 is 22.2 Å². The Labute approximate surface area is 89.7 Å². The first-order valence-corrected chi connectivity index (χ1v) is 5.13. The van der Waals surface area contributed by atoms with Crippen molar-refractivity contribution in [2.75, 3.05) is 0 Å². The van der Waals surface area contributed by atoms with Crippen LogP contribution in [0.5, 0.6) is 0 Å². The molecule has 0 amide bonds. The Balaban J connectivity index is 2.54. The van der Waals surface area contributed by atoms with Crippen molar-refractivity contribution in [3.63, 3.8) is 0 Å². The maximum atomic E-state index is 13.2. The Morgan fingerprint density at radius 2 is 2.27 bits per heavy atom. The van der Waals surface area contributed by atoms with E-state index in [0.29, 0.717) is 5.92 Å². The minimum Gasteiger partial charge on any atom is -0.295 e. The second-order valence-electron chi connectivity index (χ2n) is 3.70. The molecule has 6 heteroatoms. The number of hydrogen-bond acceptors (Lipinski definition) is 2. The van der Waals surface area contributed by atoms with Crippen molar-refractivity contribution in [3.05, 3.63) is 31.8 Å². The lowest BCUT2D eigenvalue weighted by Crippen LogP contribution is -2.37. The monoisotopic (exact) mass is 232 g/mol. The third-order valence-corrected chi connectivity index (χ3v) is 3.04. The first-order valence-electron chi connectivity index (χ1n) is 4.76. The molecule has 2 rings (SSSR count). The standard InChI is InChI=1S/C9H10ClFN2O2/c1-2-4-3-5(4)13-8(14)6(11)7(10)12-9(13)15/h4-5H,2-3H2,1H3,(H,12,15). The Morgan fingerprint density at radius 1 is 1.60 bits per heavy atom. The van der Waals surface area contributed by atoms with Gasteiger partial charge in [-0.05, 0) is 12.3 Å². The van der Waals surface area contributed by atoms with Crippen LogP contribution in [0, 0.1) is 11.7 Å². The highest BCUT2D eigenvalue weighted by Crippen LogP contribution is 2.43. The summed E-state index contributed by atoms with van der Waals surface area (Å²) in [5, 5.41) is -0.519. The number of nitrogens with one attached hydrogen (secondary N) is 1. The van der Waals surface area contributed by atoms with Crippen molar-refractivity contribution in [1.29, 1.82) is 0 Å². The topological polar surface area (TPSA) is 54.9 Å². The zero-order valence-corrected chi connectivity index (χ0v) is 8.84.